The summed E-state index contributed by atoms with van der Waals surface area (Å²) >= 11 is 0. The Morgan fingerprint density at radius 1 is 1.38 bits per heavy atom. The van der Waals surface area contributed by atoms with Gasteiger partial charge in [0, 0.05) is 18.6 Å². The van der Waals surface area contributed by atoms with E-state index < -0.39 is 0 Å². The fourth-order valence-corrected chi connectivity index (χ4v) is 0.536. The Hall–Kier alpha value is -1.05. The summed E-state index contributed by atoms with van der Waals surface area (Å²) < 4.78 is 1.75. The summed E-state index contributed by atoms with van der Waals surface area (Å²) in [6, 6.07) is 3.88. The van der Waals surface area contributed by atoms with Gasteiger partial charge in [-0.25, -0.2) is 4.68 Å². The van der Waals surface area contributed by atoms with Crippen LogP contribution in [0.3, 0.4) is 0 Å². The van der Waals surface area contributed by atoms with Crippen LogP contribution in [-0.4, -0.2) is 10.9 Å². The lowest BCUT2D eigenvalue weighted by Gasteiger charge is -1.85. The average molecular weight is 108 g/mol. The summed E-state index contributed by atoms with van der Waals surface area (Å²) in [6.07, 6.45) is 5.53. The van der Waals surface area contributed by atoms with Gasteiger partial charge >= 0.3 is 0 Å². The van der Waals surface area contributed by atoms with E-state index >= 15 is 0 Å². The second-order valence-corrected chi connectivity index (χ2v) is 1.44. The third-order valence-corrected chi connectivity index (χ3v) is 0.838. The molecule has 1 aromatic heterocycles. The smallest absolute Gasteiger partial charge is 0.0284 e. The topological polar surface area (TPSA) is 17.3 Å². The lowest BCUT2D eigenvalue weighted by molar-refractivity contribution is 0.893. The molecule has 0 radical (unpaired) electrons. The number of rotatable bonds is 1. The molecule has 0 unspecified atom stereocenters. The van der Waals surface area contributed by atoms with Crippen molar-refractivity contribution < 1.29 is 0 Å². The Bertz CT molecular complexity index is 163. The fourth-order valence-electron chi connectivity index (χ4n) is 0.536. The number of hydrogen-bond donors (Lipinski definition) is 0. The molecule has 1 rings (SSSR count). The van der Waals surface area contributed by atoms with Crippen molar-refractivity contribution in [1.29, 1.82) is 0 Å². The molecule has 0 spiro atoms. The molecule has 0 N–H and O–H groups in total. The van der Waals surface area contributed by atoms with Crippen molar-refractivity contribution >= 4 is 6.21 Å². The SMILES string of the molecule is C/C=N/n1cccc1. The molecule has 0 amide bonds. The third-order valence-electron chi connectivity index (χ3n) is 0.838. The highest BCUT2D eigenvalue weighted by Crippen LogP contribution is 1.85. The van der Waals surface area contributed by atoms with E-state index in [1.807, 2.05) is 31.5 Å². The molecule has 1 heterocycles. The average Bonchev–Trinajstić information content (AvgIpc) is 2.19. The van der Waals surface area contributed by atoms with Gasteiger partial charge in [-0.1, -0.05) is 0 Å². The lowest BCUT2D eigenvalue weighted by atomic mass is 10.7. The van der Waals surface area contributed by atoms with Crippen LogP contribution in [0.5, 0.6) is 0 Å². The molecule has 0 aliphatic rings. The van der Waals surface area contributed by atoms with Crippen LogP contribution in [-0.2, 0) is 0 Å². The van der Waals surface area contributed by atoms with Crippen LogP contribution in [0, 0.1) is 0 Å². The molecule has 2 heteroatoms. The van der Waals surface area contributed by atoms with Crippen molar-refractivity contribution in [1.82, 2.24) is 4.68 Å². The highest BCUT2D eigenvalue weighted by molar-refractivity contribution is 5.52. The summed E-state index contributed by atoms with van der Waals surface area (Å²) in [6.45, 7) is 1.89. The van der Waals surface area contributed by atoms with E-state index in [0.717, 1.165) is 0 Å². The standard InChI is InChI=1S/C6H8N2/c1-2-7-8-5-3-4-6-8/h2-6H,1H3/b7-2+. The Kier molecular flexibility index (Phi) is 1.47. The fraction of sp³-hybridized carbons (Fsp3) is 0.167. The van der Waals surface area contributed by atoms with Crippen LogP contribution in [0.2, 0.25) is 0 Å². The predicted molar refractivity (Wildman–Crippen MR) is 34.0 cm³/mol. The second-order valence-electron chi connectivity index (χ2n) is 1.44. The minimum atomic E-state index is 1.75. The maximum absolute atomic E-state index is 3.96. The summed E-state index contributed by atoms with van der Waals surface area (Å²) in [4.78, 5) is 0. The van der Waals surface area contributed by atoms with E-state index in [9.17, 15) is 0 Å². The predicted octanol–water partition coefficient (Wildman–Crippen LogP) is 1.34. The van der Waals surface area contributed by atoms with Gasteiger partial charge in [-0.05, 0) is 19.1 Å². The Balaban J connectivity index is 2.77. The lowest BCUT2D eigenvalue weighted by Crippen LogP contribution is -1.79. The third kappa shape index (κ3) is 0.964. The maximum Gasteiger partial charge on any atom is 0.0284 e. The first-order valence-corrected chi connectivity index (χ1v) is 2.55. The van der Waals surface area contributed by atoms with Gasteiger partial charge in [0.15, 0.2) is 0 Å². The zero-order chi connectivity index (χ0) is 5.82. The normalized spacial score (nSPS) is 10.6. The van der Waals surface area contributed by atoms with Gasteiger partial charge in [-0.3, -0.25) is 0 Å². The molecule has 0 aliphatic carbocycles. The van der Waals surface area contributed by atoms with Gasteiger partial charge in [-0.15, -0.1) is 0 Å². The molecule has 0 aliphatic heterocycles. The van der Waals surface area contributed by atoms with Crippen LogP contribution in [0.15, 0.2) is 29.6 Å². The van der Waals surface area contributed by atoms with Crippen molar-refractivity contribution in [3.8, 4) is 0 Å². The molecule has 0 bridgehead atoms. The number of aromatic nitrogens is 1. The molecular weight excluding hydrogens is 100 g/mol. The molecule has 0 saturated carbocycles. The molecule has 0 aromatic carbocycles. The van der Waals surface area contributed by atoms with Crippen LogP contribution in [0.4, 0.5) is 0 Å². The summed E-state index contributed by atoms with van der Waals surface area (Å²) in [5.41, 5.74) is 0. The van der Waals surface area contributed by atoms with Crippen molar-refractivity contribution in [2.45, 2.75) is 6.92 Å². The van der Waals surface area contributed by atoms with E-state index in [-0.39, 0.29) is 0 Å². The molecule has 42 valence electrons. The number of nitrogens with zero attached hydrogens (tertiary/aromatic N) is 2. The van der Waals surface area contributed by atoms with E-state index in [4.69, 9.17) is 0 Å². The second kappa shape index (κ2) is 2.31. The summed E-state index contributed by atoms with van der Waals surface area (Å²) in [5, 5.41) is 3.96. The van der Waals surface area contributed by atoms with Crippen LogP contribution >= 0.6 is 0 Å². The quantitative estimate of drug-likeness (QED) is 0.483. The highest BCUT2D eigenvalue weighted by atomic mass is 15.3. The van der Waals surface area contributed by atoms with Gasteiger partial charge < -0.3 is 0 Å². The zero-order valence-corrected chi connectivity index (χ0v) is 4.78. The van der Waals surface area contributed by atoms with E-state index in [0.29, 0.717) is 0 Å². The Morgan fingerprint density at radius 3 is 2.50 bits per heavy atom. The molecule has 0 atom stereocenters. The number of hydrogen-bond acceptors (Lipinski definition) is 1. The first kappa shape index (κ1) is 5.09. The van der Waals surface area contributed by atoms with Crippen LogP contribution in [0.25, 0.3) is 0 Å². The Morgan fingerprint density at radius 2 is 2.00 bits per heavy atom. The van der Waals surface area contributed by atoms with E-state index in [2.05, 4.69) is 5.10 Å². The van der Waals surface area contributed by atoms with E-state index in [1.54, 1.807) is 10.9 Å². The zero-order valence-electron chi connectivity index (χ0n) is 4.78. The van der Waals surface area contributed by atoms with Gasteiger partial charge in [-0.2, -0.15) is 5.10 Å². The van der Waals surface area contributed by atoms with Crippen LogP contribution < -0.4 is 0 Å². The molecule has 0 saturated heterocycles. The van der Waals surface area contributed by atoms with Gasteiger partial charge in [0.2, 0.25) is 0 Å². The monoisotopic (exact) mass is 108 g/mol. The van der Waals surface area contributed by atoms with Crippen LogP contribution in [0.1, 0.15) is 6.92 Å². The van der Waals surface area contributed by atoms with Crippen molar-refractivity contribution in [2.24, 2.45) is 5.10 Å². The summed E-state index contributed by atoms with van der Waals surface area (Å²) in [5.74, 6) is 0. The maximum atomic E-state index is 3.96. The minimum Gasteiger partial charge on any atom is -0.249 e. The molecule has 2 nitrogen and oxygen atoms in total. The first-order valence-electron chi connectivity index (χ1n) is 2.55. The van der Waals surface area contributed by atoms with Crippen molar-refractivity contribution in [3.63, 3.8) is 0 Å². The largest absolute Gasteiger partial charge is 0.249 e. The van der Waals surface area contributed by atoms with Gasteiger partial charge in [0.05, 0.1) is 0 Å². The highest BCUT2D eigenvalue weighted by Gasteiger charge is 1.74. The molecule has 0 fully saturated rings. The van der Waals surface area contributed by atoms with Crippen molar-refractivity contribution in [3.05, 3.63) is 24.5 Å². The van der Waals surface area contributed by atoms with Gasteiger partial charge in [0.25, 0.3) is 0 Å². The first-order chi connectivity index (χ1) is 3.93. The van der Waals surface area contributed by atoms with Crippen molar-refractivity contribution in [2.75, 3.05) is 0 Å². The summed E-state index contributed by atoms with van der Waals surface area (Å²) in [7, 11) is 0. The Labute approximate surface area is 48.4 Å². The van der Waals surface area contributed by atoms with Gasteiger partial charge in [0.1, 0.15) is 0 Å². The molecule has 1 aromatic rings. The molecular formula is C6H8N2. The van der Waals surface area contributed by atoms with E-state index in [1.165, 1.54) is 0 Å². The minimum absolute atomic E-state index is 1.75. The molecule has 8 heavy (non-hydrogen) atoms.